The molecule has 0 bridgehead atoms. The summed E-state index contributed by atoms with van der Waals surface area (Å²) in [6.45, 7) is 2.14. The normalized spacial score (nSPS) is 10.8. The Morgan fingerprint density at radius 2 is 1.95 bits per heavy atom. The Kier molecular flexibility index (Phi) is 3.46. The van der Waals surface area contributed by atoms with Gasteiger partial charge in [0.15, 0.2) is 0 Å². The predicted octanol–water partition coefficient (Wildman–Crippen LogP) is 4.39. The second kappa shape index (κ2) is 5.26. The van der Waals surface area contributed by atoms with Crippen molar-refractivity contribution in [2.45, 2.75) is 6.92 Å². The zero-order chi connectivity index (χ0) is 14.1. The molecule has 0 aliphatic heterocycles. The molecule has 3 aromatic rings. The summed E-state index contributed by atoms with van der Waals surface area (Å²) in [5, 5.41) is 1.21. The van der Waals surface area contributed by atoms with Gasteiger partial charge in [-0.2, -0.15) is 0 Å². The van der Waals surface area contributed by atoms with E-state index in [2.05, 4.69) is 18.2 Å². The molecule has 0 atom stereocenters. The molecule has 2 aromatic heterocycles. The van der Waals surface area contributed by atoms with Crippen LogP contribution >= 0.6 is 22.7 Å². The molecule has 102 valence electrons. The average molecular weight is 303 g/mol. The standard InChI is InChI=1S/C15H13NO2S2/c1-2-18-15(17)14-10(16)8-13(20-14)12-7-9-5-3-4-6-11(9)19-12/h3-8H,2,16H2,1H3. The van der Waals surface area contributed by atoms with Gasteiger partial charge in [0.25, 0.3) is 0 Å². The lowest BCUT2D eigenvalue weighted by atomic mass is 10.2. The van der Waals surface area contributed by atoms with Crippen LogP contribution in [0.25, 0.3) is 19.8 Å². The third-order valence-corrected chi connectivity index (χ3v) is 5.33. The van der Waals surface area contributed by atoms with E-state index in [9.17, 15) is 4.79 Å². The van der Waals surface area contributed by atoms with Crippen molar-refractivity contribution < 1.29 is 9.53 Å². The van der Waals surface area contributed by atoms with Gasteiger partial charge in [0.05, 0.1) is 12.3 Å². The number of rotatable bonds is 3. The lowest BCUT2D eigenvalue weighted by Crippen LogP contribution is -2.04. The highest BCUT2D eigenvalue weighted by molar-refractivity contribution is 7.26. The monoisotopic (exact) mass is 303 g/mol. The molecule has 20 heavy (non-hydrogen) atoms. The lowest BCUT2D eigenvalue weighted by Gasteiger charge is -1.98. The van der Waals surface area contributed by atoms with Gasteiger partial charge in [-0.05, 0) is 30.5 Å². The number of nitrogen functional groups attached to an aromatic ring is 1. The number of anilines is 1. The Balaban J connectivity index is 2.02. The first-order valence-electron chi connectivity index (χ1n) is 6.24. The number of nitrogens with two attached hydrogens (primary N) is 1. The molecule has 2 N–H and O–H groups in total. The summed E-state index contributed by atoms with van der Waals surface area (Å²) in [6, 6.07) is 12.2. The van der Waals surface area contributed by atoms with Crippen LogP contribution in [0.5, 0.6) is 0 Å². The average Bonchev–Trinajstić information content (AvgIpc) is 3.02. The fourth-order valence-electron chi connectivity index (χ4n) is 1.99. The number of hydrogen-bond acceptors (Lipinski definition) is 5. The Labute approximate surface area is 124 Å². The van der Waals surface area contributed by atoms with Gasteiger partial charge in [-0.3, -0.25) is 0 Å². The van der Waals surface area contributed by atoms with E-state index in [0.717, 1.165) is 9.75 Å². The molecule has 2 heterocycles. The minimum atomic E-state index is -0.345. The summed E-state index contributed by atoms with van der Waals surface area (Å²) in [5.41, 5.74) is 6.41. The van der Waals surface area contributed by atoms with Gasteiger partial charge >= 0.3 is 5.97 Å². The van der Waals surface area contributed by atoms with Gasteiger partial charge in [0.2, 0.25) is 0 Å². The number of ether oxygens (including phenoxy) is 1. The number of fused-ring (bicyclic) bond motifs is 1. The molecule has 5 heteroatoms. The summed E-state index contributed by atoms with van der Waals surface area (Å²) in [7, 11) is 0. The first-order valence-corrected chi connectivity index (χ1v) is 7.87. The van der Waals surface area contributed by atoms with Crippen LogP contribution in [-0.2, 0) is 4.74 Å². The zero-order valence-corrected chi connectivity index (χ0v) is 12.5. The summed E-state index contributed by atoms with van der Waals surface area (Å²) >= 11 is 3.09. The van der Waals surface area contributed by atoms with Crippen LogP contribution in [0.15, 0.2) is 36.4 Å². The molecule has 0 aliphatic rings. The van der Waals surface area contributed by atoms with Crippen LogP contribution in [0.2, 0.25) is 0 Å². The van der Waals surface area contributed by atoms with Crippen LogP contribution in [0.3, 0.4) is 0 Å². The molecule has 0 radical (unpaired) electrons. The van der Waals surface area contributed by atoms with Crippen molar-refractivity contribution in [3.05, 3.63) is 41.3 Å². The predicted molar refractivity (Wildman–Crippen MR) is 85.5 cm³/mol. The van der Waals surface area contributed by atoms with E-state index in [1.165, 1.54) is 21.4 Å². The van der Waals surface area contributed by atoms with E-state index in [1.54, 1.807) is 18.3 Å². The second-order valence-corrected chi connectivity index (χ2v) is 6.40. The Bertz CT molecular complexity index is 740. The molecule has 0 spiro atoms. The highest BCUT2D eigenvalue weighted by Gasteiger charge is 2.17. The zero-order valence-electron chi connectivity index (χ0n) is 10.9. The highest BCUT2D eigenvalue weighted by atomic mass is 32.1. The quantitative estimate of drug-likeness (QED) is 0.730. The molecule has 1 aromatic carbocycles. The Morgan fingerprint density at radius 3 is 2.70 bits per heavy atom. The van der Waals surface area contributed by atoms with Gasteiger partial charge in [-0.15, -0.1) is 22.7 Å². The molecule has 3 nitrogen and oxygen atoms in total. The first-order chi connectivity index (χ1) is 9.69. The molecule has 0 saturated carbocycles. The molecule has 0 aliphatic carbocycles. The maximum atomic E-state index is 11.8. The van der Waals surface area contributed by atoms with E-state index in [1.807, 2.05) is 18.2 Å². The van der Waals surface area contributed by atoms with Crippen molar-refractivity contribution in [1.82, 2.24) is 0 Å². The minimum Gasteiger partial charge on any atom is -0.462 e. The number of carbonyl (C=O) groups excluding carboxylic acids is 1. The number of benzene rings is 1. The summed E-state index contributed by atoms with van der Waals surface area (Å²) in [6.07, 6.45) is 0. The van der Waals surface area contributed by atoms with Gasteiger partial charge in [-0.25, -0.2) is 4.79 Å². The number of thiophene rings is 2. The third kappa shape index (κ3) is 2.30. The van der Waals surface area contributed by atoms with E-state index in [0.29, 0.717) is 17.2 Å². The second-order valence-electron chi connectivity index (χ2n) is 4.26. The smallest absolute Gasteiger partial charge is 0.350 e. The Morgan fingerprint density at radius 1 is 1.20 bits per heavy atom. The molecular weight excluding hydrogens is 290 g/mol. The fourth-order valence-corrected chi connectivity index (χ4v) is 4.09. The number of hydrogen-bond donors (Lipinski definition) is 1. The summed E-state index contributed by atoms with van der Waals surface area (Å²) < 4.78 is 6.24. The van der Waals surface area contributed by atoms with Crippen LogP contribution in [0, 0.1) is 0 Å². The maximum Gasteiger partial charge on any atom is 0.350 e. The van der Waals surface area contributed by atoms with Crippen LogP contribution in [0.4, 0.5) is 5.69 Å². The topological polar surface area (TPSA) is 52.3 Å². The van der Waals surface area contributed by atoms with Crippen molar-refractivity contribution in [1.29, 1.82) is 0 Å². The van der Waals surface area contributed by atoms with Gasteiger partial charge in [-0.1, -0.05) is 18.2 Å². The van der Waals surface area contributed by atoms with E-state index in [-0.39, 0.29) is 5.97 Å². The molecular formula is C15H13NO2S2. The first kappa shape index (κ1) is 13.1. The molecule has 3 rings (SSSR count). The molecule has 0 amide bonds. The fraction of sp³-hybridized carbons (Fsp3) is 0.133. The van der Waals surface area contributed by atoms with Crippen molar-refractivity contribution in [2.24, 2.45) is 0 Å². The minimum absolute atomic E-state index is 0.345. The summed E-state index contributed by atoms with van der Waals surface area (Å²) in [5.74, 6) is -0.345. The van der Waals surface area contributed by atoms with Crippen LogP contribution < -0.4 is 5.73 Å². The third-order valence-electron chi connectivity index (χ3n) is 2.89. The van der Waals surface area contributed by atoms with Crippen LogP contribution in [-0.4, -0.2) is 12.6 Å². The van der Waals surface area contributed by atoms with Crippen molar-refractivity contribution in [2.75, 3.05) is 12.3 Å². The van der Waals surface area contributed by atoms with Gasteiger partial charge in [0.1, 0.15) is 4.88 Å². The van der Waals surface area contributed by atoms with Crippen molar-refractivity contribution in [3.8, 4) is 9.75 Å². The van der Waals surface area contributed by atoms with Crippen molar-refractivity contribution >= 4 is 44.4 Å². The van der Waals surface area contributed by atoms with E-state index in [4.69, 9.17) is 10.5 Å². The maximum absolute atomic E-state index is 11.8. The number of esters is 1. The summed E-state index contributed by atoms with van der Waals surface area (Å²) in [4.78, 5) is 14.4. The number of carbonyl (C=O) groups is 1. The van der Waals surface area contributed by atoms with Crippen LogP contribution in [0.1, 0.15) is 16.6 Å². The van der Waals surface area contributed by atoms with Crippen molar-refractivity contribution in [3.63, 3.8) is 0 Å². The highest BCUT2D eigenvalue weighted by Crippen LogP contribution is 2.39. The van der Waals surface area contributed by atoms with E-state index >= 15 is 0 Å². The molecule has 0 saturated heterocycles. The SMILES string of the molecule is CCOC(=O)c1sc(-c2cc3ccccc3s2)cc1N. The van der Waals surface area contributed by atoms with Gasteiger partial charge in [0, 0.05) is 14.5 Å². The lowest BCUT2D eigenvalue weighted by molar-refractivity contribution is 0.0533. The van der Waals surface area contributed by atoms with E-state index < -0.39 is 0 Å². The largest absolute Gasteiger partial charge is 0.462 e. The Hall–Kier alpha value is -1.85. The van der Waals surface area contributed by atoms with Gasteiger partial charge < -0.3 is 10.5 Å². The molecule has 0 fully saturated rings. The molecule has 0 unspecified atom stereocenters.